The molecule has 0 bridgehead atoms. The highest BCUT2D eigenvalue weighted by molar-refractivity contribution is 6.30. The third-order valence-electron chi connectivity index (χ3n) is 6.55. The number of hydrazone groups is 2. The second-order valence-electron chi connectivity index (χ2n) is 9.49. The molecule has 1 aliphatic carbocycles. The van der Waals surface area contributed by atoms with Crippen molar-refractivity contribution in [2.45, 2.75) is 20.3 Å². The smallest absolute Gasteiger partial charge is 0.214 e. The van der Waals surface area contributed by atoms with Crippen LogP contribution in [0.5, 0.6) is 0 Å². The Morgan fingerprint density at radius 3 is 1.39 bits per heavy atom. The van der Waals surface area contributed by atoms with Gasteiger partial charge >= 0.3 is 0 Å². The Labute approximate surface area is 248 Å². The minimum absolute atomic E-state index is 0.192. The lowest BCUT2D eigenvalue weighted by atomic mass is 10.0. The fraction of sp³-hybridized carbons (Fsp3) is 0.0968. The van der Waals surface area contributed by atoms with Crippen molar-refractivity contribution >= 4 is 57.9 Å². The maximum Gasteiger partial charge on any atom is 0.214 e. The molecule has 0 spiro atoms. The van der Waals surface area contributed by atoms with Gasteiger partial charge in [-0.1, -0.05) is 47.5 Å². The minimum Gasteiger partial charge on any atom is -0.368 e. The van der Waals surface area contributed by atoms with E-state index in [1.54, 1.807) is 48.5 Å². The van der Waals surface area contributed by atoms with Gasteiger partial charge in [-0.05, 0) is 114 Å². The van der Waals surface area contributed by atoms with E-state index >= 15 is 0 Å². The first-order valence-electron chi connectivity index (χ1n) is 12.8. The molecule has 0 heterocycles. The summed E-state index contributed by atoms with van der Waals surface area (Å²) in [7, 11) is 0. The predicted octanol–water partition coefficient (Wildman–Crippen LogP) is 6.48. The van der Waals surface area contributed by atoms with Crippen LogP contribution in [0.1, 0.15) is 36.1 Å². The highest BCUT2D eigenvalue weighted by Crippen LogP contribution is 2.37. The van der Waals surface area contributed by atoms with Crippen LogP contribution in [0.15, 0.2) is 105 Å². The van der Waals surface area contributed by atoms with E-state index in [1.165, 1.54) is 22.3 Å². The van der Waals surface area contributed by atoms with E-state index in [-0.39, 0.29) is 11.9 Å². The highest BCUT2D eigenvalue weighted by atomic mass is 35.5. The van der Waals surface area contributed by atoms with Crippen LogP contribution >= 0.6 is 23.2 Å². The maximum absolute atomic E-state index is 6.00. The molecule has 4 aromatic carbocycles. The number of hydrogen-bond donors (Lipinski definition) is 4. The van der Waals surface area contributed by atoms with Gasteiger partial charge in [0.15, 0.2) is 0 Å². The molecule has 0 radical (unpaired) electrons. The first-order valence-corrected chi connectivity index (χ1v) is 13.6. The van der Waals surface area contributed by atoms with Gasteiger partial charge in [0.25, 0.3) is 0 Å². The van der Waals surface area contributed by atoms with E-state index < -0.39 is 0 Å². The van der Waals surface area contributed by atoms with Gasteiger partial charge in [-0.15, -0.1) is 0 Å². The number of hydrogen-bond acceptors (Lipinski definition) is 4. The molecule has 1 aliphatic rings. The normalized spacial score (nSPS) is 13.6. The SMILES string of the molecule is CC(=NNC(N)=Nc1ccc(Cl)cc1)c1ccc2c(c1)Cc1cc(C(C)=NNC(N)=Nc3ccc(Cl)cc3)ccc1-2. The fourth-order valence-electron chi connectivity index (χ4n) is 4.43. The fourth-order valence-corrected chi connectivity index (χ4v) is 4.68. The van der Waals surface area contributed by atoms with Gasteiger partial charge in [-0.2, -0.15) is 10.2 Å². The second kappa shape index (κ2) is 12.2. The molecule has 8 nitrogen and oxygen atoms in total. The largest absolute Gasteiger partial charge is 0.368 e. The molecular weight excluding hydrogens is 555 g/mol. The number of nitrogens with two attached hydrogens (primary N) is 2. The molecule has 0 unspecified atom stereocenters. The summed E-state index contributed by atoms with van der Waals surface area (Å²) in [6.07, 6.45) is 0.814. The van der Waals surface area contributed by atoms with Crippen molar-refractivity contribution in [3.8, 4) is 11.1 Å². The summed E-state index contributed by atoms with van der Waals surface area (Å²) in [5, 5.41) is 10.1. The van der Waals surface area contributed by atoms with Gasteiger partial charge < -0.3 is 11.5 Å². The first-order chi connectivity index (χ1) is 19.7. The zero-order valence-corrected chi connectivity index (χ0v) is 24.0. The summed E-state index contributed by atoms with van der Waals surface area (Å²) in [5.41, 5.74) is 27.5. The molecule has 206 valence electrons. The average Bonchev–Trinajstić information content (AvgIpc) is 3.34. The zero-order valence-electron chi connectivity index (χ0n) is 22.5. The van der Waals surface area contributed by atoms with Gasteiger partial charge in [-0.25, -0.2) is 20.8 Å². The first kappa shape index (κ1) is 27.9. The lowest BCUT2D eigenvalue weighted by molar-refractivity contribution is 1.00. The van der Waals surface area contributed by atoms with Crippen molar-refractivity contribution in [1.82, 2.24) is 10.9 Å². The Bertz CT molecular complexity index is 1580. The van der Waals surface area contributed by atoms with E-state index in [9.17, 15) is 0 Å². The van der Waals surface area contributed by atoms with E-state index in [1.807, 2.05) is 13.8 Å². The Hall–Kier alpha value is -4.66. The highest BCUT2D eigenvalue weighted by Gasteiger charge is 2.20. The Morgan fingerprint density at radius 2 is 1.00 bits per heavy atom. The number of benzene rings is 4. The van der Waals surface area contributed by atoms with E-state index in [0.717, 1.165) is 29.0 Å². The van der Waals surface area contributed by atoms with Gasteiger partial charge in [0, 0.05) is 10.0 Å². The Kier molecular flexibility index (Phi) is 8.33. The number of fused-ring (bicyclic) bond motifs is 3. The van der Waals surface area contributed by atoms with Crippen molar-refractivity contribution in [3.05, 3.63) is 117 Å². The maximum atomic E-state index is 6.00. The Morgan fingerprint density at radius 1 is 0.610 bits per heavy atom. The summed E-state index contributed by atoms with van der Waals surface area (Å²) in [6, 6.07) is 26.9. The summed E-state index contributed by atoms with van der Waals surface area (Å²) < 4.78 is 0. The number of halogens is 2. The van der Waals surface area contributed by atoms with Crippen LogP contribution in [0.2, 0.25) is 10.0 Å². The monoisotopic (exact) mass is 582 g/mol. The van der Waals surface area contributed by atoms with Crippen molar-refractivity contribution in [2.24, 2.45) is 31.7 Å². The van der Waals surface area contributed by atoms with Crippen LogP contribution in [-0.2, 0) is 6.42 Å². The van der Waals surface area contributed by atoms with Crippen LogP contribution in [0.3, 0.4) is 0 Å². The predicted molar refractivity (Wildman–Crippen MR) is 171 cm³/mol. The molecule has 0 fully saturated rings. The van der Waals surface area contributed by atoms with E-state index in [2.05, 4.69) is 67.4 Å². The topological polar surface area (TPSA) is 126 Å². The number of guanidine groups is 2. The van der Waals surface area contributed by atoms with Crippen LogP contribution in [0.25, 0.3) is 11.1 Å². The molecule has 41 heavy (non-hydrogen) atoms. The zero-order chi connectivity index (χ0) is 28.9. The van der Waals surface area contributed by atoms with Crippen molar-refractivity contribution in [1.29, 1.82) is 0 Å². The molecule has 0 saturated carbocycles. The molecule has 0 aliphatic heterocycles. The number of rotatable bonds is 6. The molecule has 0 saturated heterocycles. The van der Waals surface area contributed by atoms with Crippen LogP contribution < -0.4 is 22.3 Å². The van der Waals surface area contributed by atoms with Crippen molar-refractivity contribution < 1.29 is 0 Å². The quantitative estimate of drug-likeness (QED) is 0.104. The molecule has 0 aromatic heterocycles. The molecule has 0 atom stereocenters. The molecule has 5 rings (SSSR count). The van der Waals surface area contributed by atoms with Crippen molar-refractivity contribution in [3.63, 3.8) is 0 Å². The second-order valence-corrected chi connectivity index (χ2v) is 10.4. The molecule has 10 heteroatoms. The van der Waals surface area contributed by atoms with E-state index in [0.29, 0.717) is 21.4 Å². The molecule has 0 amide bonds. The van der Waals surface area contributed by atoms with Crippen LogP contribution in [-0.4, -0.2) is 23.3 Å². The van der Waals surface area contributed by atoms with E-state index in [4.69, 9.17) is 34.7 Å². The Balaban J connectivity index is 1.26. The number of nitrogens with zero attached hydrogens (tertiary/aromatic N) is 4. The van der Waals surface area contributed by atoms with Gasteiger partial charge in [0.1, 0.15) is 0 Å². The summed E-state index contributed by atoms with van der Waals surface area (Å²) in [4.78, 5) is 8.61. The lowest BCUT2D eigenvalue weighted by Gasteiger charge is -2.07. The van der Waals surface area contributed by atoms with Crippen LogP contribution in [0, 0.1) is 0 Å². The summed E-state index contributed by atoms with van der Waals surface area (Å²) in [5.74, 6) is 0.384. The molecular formula is C31H28Cl2N8. The molecule has 6 N–H and O–H groups in total. The average molecular weight is 584 g/mol. The van der Waals surface area contributed by atoms with Crippen LogP contribution in [0.4, 0.5) is 11.4 Å². The van der Waals surface area contributed by atoms with Crippen molar-refractivity contribution in [2.75, 3.05) is 0 Å². The van der Waals surface area contributed by atoms with Gasteiger partial charge in [0.05, 0.1) is 22.8 Å². The minimum atomic E-state index is 0.192. The van der Waals surface area contributed by atoms with Gasteiger partial charge in [0.2, 0.25) is 11.9 Å². The molecule has 4 aromatic rings. The third kappa shape index (κ3) is 6.92. The summed E-state index contributed by atoms with van der Waals surface area (Å²) >= 11 is 11.8. The lowest BCUT2D eigenvalue weighted by Crippen LogP contribution is -2.27. The standard InChI is InChI=1S/C31H28Cl2N8/c1-18(38-40-30(34)36-26-9-5-24(32)6-10-26)20-3-13-28-22(15-20)17-23-16-21(4-14-29(23)28)19(2)39-41-31(35)37-27-11-7-25(33)8-12-27/h3-16H,17H2,1-2H3,(H3,34,36,40)(H3,35,37,41). The van der Waals surface area contributed by atoms with Gasteiger partial charge in [-0.3, -0.25) is 0 Å². The number of aliphatic imine (C=N–C) groups is 2. The summed E-state index contributed by atoms with van der Waals surface area (Å²) in [6.45, 7) is 3.86. The third-order valence-corrected chi connectivity index (χ3v) is 7.05. The number of nitrogens with one attached hydrogen (secondary N) is 2.